The summed E-state index contributed by atoms with van der Waals surface area (Å²) in [5.74, 6) is 0.717. The Morgan fingerprint density at radius 3 is 2.52 bits per heavy atom. The molecule has 0 radical (unpaired) electrons. The monoisotopic (exact) mass is 389 g/mol. The summed E-state index contributed by atoms with van der Waals surface area (Å²) in [7, 11) is 0. The summed E-state index contributed by atoms with van der Waals surface area (Å²) < 4.78 is 6.83. The summed E-state index contributed by atoms with van der Waals surface area (Å²) in [5, 5.41) is 10.5. The molecule has 148 valence electrons. The summed E-state index contributed by atoms with van der Waals surface area (Å²) in [6, 6.07) is 15.4. The van der Waals surface area contributed by atoms with Gasteiger partial charge in [0, 0.05) is 30.4 Å². The second-order valence-corrected chi connectivity index (χ2v) is 7.30. The highest BCUT2D eigenvalue weighted by Crippen LogP contribution is 2.24. The first-order valence-electron chi connectivity index (χ1n) is 10.1. The van der Waals surface area contributed by atoms with Gasteiger partial charge in [-0.3, -0.25) is 9.69 Å². The van der Waals surface area contributed by atoms with Gasteiger partial charge >= 0.3 is 0 Å². The Bertz CT molecular complexity index is 1230. The van der Waals surface area contributed by atoms with E-state index in [1.54, 1.807) is 6.07 Å². The van der Waals surface area contributed by atoms with Crippen LogP contribution in [0.4, 0.5) is 5.82 Å². The maximum Gasteiger partial charge on any atom is 0.282 e. The van der Waals surface area contributed by atoms with Crippen molar-refractivity contribution in [3.8, 4) is 0 Å². The predicted octanol–water partition coefficient (Wildman–Crippen LogP) is 2.53. The molecular formula is C22H23N5O2. The summed E-state index contributed by atoms with van der Waals surface area (Å²) in [4.78, 5) is 20.2. The fourth-order valence-corrected chi connectivity index (χ4v) is 3.89. The van der Waals surface area contributed by atoms with Crippen LogP contribution in [0, 0.1) is 0 Å². The maximum atomic E-state index is 13.0. The summed E-state index contributed by atoms with van der Waals surface area (Å²) in [6.07, 6.45) is 0.999. The van der Waals surface area contributed by atoms with E-state index in [9.17, 15) is 4.79 Å². The minimum Gasteiger partial charge on any atom is -0.379 e. The molecule has 1 aliphatic rings. The number of hydrogen-bond donors (Lipinski definition) is 1. The average Bonchev–Trinajstić information content (AvgIpc) is 2.78. The molecule has 0 bridgehead atoms. The van der Waals surface area contributed by atoms with E-state index in [1.807, 2.05) is 42.5 Å². The normalized spacial score (nSPS) is 15.3. The Labute approximate surface area is 167 Å². The topological polar surface area (TPSA) is 71.8 Å². The zero-order valence-electron chi connectivity index (χ0n) is 16.2. The highest BCUT2D eigenvalue weighted by molar-refractivity contribution is 6.01. The van der Waals surface area contributed by atoms with Crippen molar-refractivity contribution in [1.29, 1.82) is 0 Å². The summed E-state index contributed by atoms with van der Waals surface area (Å²) >= 11 is 0. The number of nitrogens with one attached hydrogen (secondary N) is 1. The molecule has 1 fully saturated rings. The number of fused-ring (bicyclic) bond motifs is 4. The Hall–Kier alpha value is -3.03. The number of para-hydroxylation sites is 1. The lowest BCUT2D eigenvalue weighted by molar-refractivity contribution is 0.0378. The van der Waals surface area contributed by atoms with Crippen molar-refractivity contribution in [3.63, 3.8) is 0 Å². The van der Waals surface area contributed by atoms with Gasteiger partial charge < -0.3 is 10.1 Å². The highest BCUT2D eigenvalue weighted by atomic mass is 16.5. The lowest BCUT2D eigenvalue weighted by Crippen LogP contribution is -2.37. The molecule has 1 N–H and O–H groups in total. The SMILES string of the molecule is O=c1c2ccccc2nc2c3ccccc3c(NCCCN3CCOCC3)nn12. The number of rotatable bonds is 5. The molecule has 0 saturated carbocycles. The van der Waals surface area contributed by atoms with Crippen molar-refractivity contribution < 1.29 is 4.74 Å². The molecule has 1 aliphatic heterocycles. The van der Waals surface area contributed by atoms with Gasteiger partial charge in [0.15, 0.2) is 11.5 Å². The van der Waals surface area contributed by atoms with E-state index in [1.165, 1.54) is 4.52 Å². The van der Waals surface area contributed by atoms with Gasteiger partial charge in [-0.1, -0.05) is 36.4 Å². The third-order valence-electron chi connectivity index (χ3n) is 5.42. The van der Waals surface area contributed by atoms with Crippen LogP contribution in [0.15, 0.2) is 53.3 Å². The standard InChI is InChI=1S/C22H23N5O2/c28-22-18-8-3-4-9-19(18)24-21-17-7-2-1-6-16(17)20(25-27(21)22)23-10-5-11-26-12-14-29-15-13-26/h1-4,6-9H,5,10-15H2,(H,23,25). The molecule has 7 nitrogen and oxygen atoms in total. The third-order valence-corrected chi connectivity index (χ3v) is 5.42. The quantitative estimate of drug-likeness (QED) is 0.321. The van der Waals surface area contributed by atoms with Crippen molar-refractivity contribution in [2.45, 2.75) is 6.42 Å². The fraction of sp³-hybridized carbons (Fsp3) is 0.318. The number of anilines is 1. The molecule has 0 aliphatic carbocycles. The van der Waals surface area contributed by atoms with Crippen LogP contribution in [0.25, 0.3) is 27.3 Å². The van der Waals surface area contributed by atoms with E-state index < -0.39 is 0 Å². The zero-order valence-corrected chi connectivity index (χ0v) is 16.2. The van der Waals surface area contributed by atoms with Crippen molar-refractivity contribution >= 4 is 33.1 Å². The molecule has 1 saturated heterocycles. The molecule has 3 heterocycles. The second kappa shape index (κ2) is 7.77. The van der Waals surface area contributed by atoms with Gasteiger partial charge in [0.1, 0.15) is 0 Å². The number of aromatic nitrogens is 3. The lowest BCUT2D eigenvalue weighted by Gasteiger charge is -2.26. The van der Waals surface area contributed by atoms with Gasteiger partial charge in [-0.2, -0.15) is 4.52 Å². The first kappa shape index (κ1) is 18.0. The molecule has 5 rings (SSSR count). The summed E-state index contributed by atoms with van der Waals surface area (Å²) in [6.45, 7) is 5.42. The fourth-order valence-electron chi connectivity index (χ4n) is 3.89. The largest absolute Gasteiger partial charge is 0.379 e. The van der Waals surface area contributed by atoms with E-state index >= 15 is 0 Å². The number of ether oxygens (including phenoxy) is 1. The van der Waals surface area contributed by atoms with E-state index in [0.717, 1.165) is 56.6 Å². The molecule has 29 heavy (non-hydrogen) atoms. The smallest absolute Gasteiger partial charge is 0.282 e. The van der Waals surface area contributed by atoms with Crippen molar-refractivity contribution in [3.05, 3.63) is 58.9 Å². The molecule has 4 aromatic rings. The van der Waals surface area contributed by atoms with Gasteiger partial charge in [0.05, 0.1) is 24.1 Å². The lowest BCUT2D eigenvalue weighted by atomic mass is 10.1. The molecule has 7 heteroatoms. The van der Waals surface area contributed by atoms with Crippen LogP contribution in [0.2, 0.25) is 0 Å². The van der Waals surface area contributed by atoms with Gasteiger partial charge in [-0.05, 0) is 25.1 Å². The highest BCUT2D eigenvalue weighted by Gasteiger charge is 2.13. The Morgan fingerprint density at radius 2 is 1.69 bits per heavy atom. The van der Waals surface area contributed by atoms with Crippen LogP contribution >= 0.6 is 0 Å². The predicted molar refractivity (Wildman–Crippen MR) is 115 cm³/mol. The Balaban J connectivity index is 1.50. The van der Waals surface area contributed by atoms with Gasteiger partial charge in [-0.15, -0.1) is 5.10 Å². The first-order chi connectivity index (χ1) is 14.3. The van der Waals surface area contributed by atoms with Crippen molar-refractivity contribution in [1.82, 2.24) is 19.5 Å². The second-order valence-electron chi connectivity index (χ2n) is 7.30. The molecule has 2 aromatic heterocycles. The van der Waals surface area contributed by atoms with Crippen molar-refractivity contribution in [2.24, 2.45) is 0 Å². The molecule has 0 atom stereocenters. The van der Waals surface area contributed by atoms with Crippen LogP contribution in [-0.4, -0.2) is 58.9 Å². The first-order valence-corrected chi connectivity index (χ1v) is 10.1. The third kappa shape index (κ3) is 3.43. The van der Waals surface area contributed by atoms with Crippen LogP contribution in [0.1, 0.15) is 6.42 Å². The van der Waals surface area contributed by atoms with Crippen molar-refractivity contribution in [2.75, 3.05) is 44.7 Å². The Kier molecular flexibility index (Phi) is 4.83. The number of morpholine rings is 1. The molecule has 2 aromatic carbocycles. The Morgan fingerprint density at radius 1 is 0.966 bits per heavy atom. The molecule has 0 spiro atoms. The van der Waals surface area contributed by atoms with E-state index in [4.69, 9.17) is 9.72 Å². The van der Waals surface area contributed by atoms with Crippen LogP contribution in [-0.2, 0) is 4.74 Å². The van der Waals surface area contributed by atoms with E-state index in [0.29, 0.717) is 22.4 Å². The number of nitrogens with zero attached hydrogens (tertiary/aromatic N) is 4. The maximum absolute atomic E-state index is 13.0. The molecule has 0 unspecified atom stereocenters. The molecular weight excluding hydrogens is 366 g/mol. The van der Waals surface area contributed by atoms with Crippen LogP contribution < -0.4 is 10.9 Å². The number of benzene rings is 2. The van der Waals surface area contributed by atoms with Gasteiger partial charge in [0.25, 0.3) is 5.56 Å². The van der Waals surface area contributed by atoms with Gasteiger partial charge in [-0.25, -0.2) is 4.98 Å². The van der Waals surface area contributed by atoms with Crippen LogP contribution in [0.5, 0.6) is 0 Å². The van der Waals surface area contributed by atoms with Gasteiger partial charge in [0.2, 0.25) is 0 Å². The minimum atomic E-state index is -0.146. The summed E-state index contributed by atoms with van der Waals surface area (Å²) in [5.41, 5.74) is 1.13. The average molecular weight is 389 g/mol. The molecule has 0 amide bonds. The number of hydrogen-bond acceptors (Lipinski definition) is 6. The zero-order chi connectivity index (χ0) is 19.6. The van der Waals surface area contributed by atoms with E-state index in [-0.39, 0.29) is 5.56 Å². The van der Waals surface area contributed by atoms with E-state index in [2.05, 4.69) is 15.3 Å². The minimum absolute atomic E-state index is 0.146. The van der Waals surface area contributed by atoms with Crippen LogP contribution in [0.3, 0.4) is 0 Å².